The van der Waals surface area contributed by atoms with Gasteiger partial charge in [0.2, 0.25) is 0 Å². The van der Waals surface area contributed by atoms with Gasteiger partial charge in [-0.1, -0.05) is 24.6 Å². The molecule has 0 atom stereocenters. The second kappa shape index (κ2) is 6.23. The lowest BCUT2D eigenvalue weighted by Gasteiger charge is -2.05. The van der Waals surface area contributed by atoms with Crippen molar-refractivity contribution >= 4 is 5.78 Å². The lowest BCUT2D eigenvalue weighted by Crippen LogP contribution is -2.02. The third-order valence-corrected chi connectivity index (χ3v) is 2.28. The Kier molecular flexibility index (Phi) is 4.88. The molecule has 2 heteroatoms. The number of carbonyl (C=O) groups excluding carboxylic acids is 1. The van der Waals surface area contributed by atoms with Crippen LogP contribution in [0.2, 0.25) is 0 Å². The average Bonchev–Trinajstić information content (AvgIpc) is 2.26. The molecule has 0 unspecified atom stereocenters. The van der Waals surface area contributed by atoms with Gasteiger partial charge in [0, 0.05) is 12.8 Å². The van der Waals surface area contributed by atoms with E-state index in [2.05, 4.69) is 0 Å². The van der Waals surface area contributed by atoms with Crippen LogP contribution in [0.1, 0.15) is 31.7 Å². The van der Waals surface area contributed by atoms with Crippen molar-refractivity contribution in [3.63, 3.8) is 0 Å². The van der Waals surface area contributed by atoms with Crippen LogP contribution >= 0.6 is 0 Å². The average molecular weight is 206 g/mol. The van der Waals surface area contributed by atoms with Gasteiger partial charge in [0.25, 0.3) is 0 Å². The largest absolute Gasteiger partial charge is 0.494 e. The molecule has 0 aromatic heterocycles. The molecule has 0 aliphatic heterocycles. The fraction of sp³-hybridized carbons (Fsp3) is 0.462. The summed E-state index contributed by atoms with van der Waals surface area (Å²) in [6.45, 7) is 4.56. The highest BCUT2D eigenvalue weighted by Crippen LogP contribution is 2.11. The molecule has 0 saturated carbocycles. The highest BCUT2D eigenvalue weighted by molar-refractivity contribution is 5.77. The number of hydrogen-bond acceptors (Lipinski definition) is 2. The van der Waals surface area contributed by atoms with Gasteiger partial charge in [0.05, 0.1) is 6.61 Å². The van der Waals surface area contributed by atoms with Crippen molar-refractivity contribution in [1.82, 2.24) is 0 Å². The molecule has 1 rings (SSSR count). The van der Waals surface area contributed by atoms with Crippen LogP contribution in [0.25, 0.3) is 0 Å². The Labute approximate surface area is 91.3 Å². The highest BCUT2D eigenvalue weighted by atomic mass is 16.5. The van der Waals surface area contributed by atoms with E-state index >= 15 is 0 Å². The minimum atomic E-state index is 0.308. The van der Waals surface area contributed by atoms with Crippen LogP contribution in [0.15, 0.2) is 24.3 Å². The van der Waals surface area contributed by atoms with Crippen molar-refractivity contribution in [2.45, 2.75) is 33.1 Å². The third kappa shape index (κ3) is 4.63. The normalized spacial score (nSPS) is 10.0. The van der Waals surface area contributed by atoms with Gasteiger partial charge in [-0.2, -0.15) is 0 Å². The molecule has 0 bridgehead atoms. The summed E-state index contributed by atoms with van der Waals surface area (Å²) in [5.41, 5.74) is 1.23. The summed E-state index contributed by atoms with van der Waals surface area (Å²) in [5, 5.41) is 0. The van der Waals surface area contributed by atoms with E-state index in [0.717, 1.165) is 12.2 Å². The van der Waals surface area contributed by atoms with E-state index in [1.54, 1.807) is 0 Å². The molecule has 0 amide bonds. The molecule has 0 saturated heterocycles. The molecular weight excluding hydrogens is 188 g/mol. The number of benzene rings is 1. The van der Waals surface area contributed by atoms with Gasteiger partial charge in [0.1, 0.15) is 11.5 Å². The molecule has 0 spiro atoms. The van der Waals surface area contributed by atoms with E-state index in [-0.39, 0.29) is 0 Å². The second-order valence-corrected chi connectivity index (χ2v) is 3.66. The van der Waals surface area contributed by atoms with E-state index in [1.165, 1.54) is 5.56 Å². The van der Waals surface area contributed by atoms with Crippen LogP contribution in [-0.2, 0) is 4.79 Å². The summed E-state index contributed by atoms with van der Waals surface area (Å²) in [4.78, 5) is 11.0. The Morgan fingerprint density at radius 2 is 1.93 bits per heavy atom. The molecule has 0 aliphatic carbocycles. The van der Waals surface area contributed by atoms with Gasteiger partial charge in [-0.05, 0) is 25.5 Å². The third-order valence-electron chi connectivity index (χ3n) is 2.28. The quantitative estimate of drug-likeness (QED) is 0.668. The van der Waals surface area contributed by atoms with Crippen LogP contribution in [0.5, 0.6) is 5.75 Å². The molecular formula is C13H18O2. The zero-order valence-electron chi connectivity index (χ0n) is 9.45. The van der Waals surface area contributed by atoms with Crippen molar-refractivity contribution in [3.8, 4) is 5.75 Å². The summed E-state index contributed by atoms with van der Waals surface area (Å²) < 4.78 is 5.50. The standard InChI is InChI=1S/C13H18O2/c1-3-12(14)5-4-10-15-13-8-6-11(2)7-9-13/h6-9H,3-5,10H2,1-2H3. The molecule has 1 aromatic rings. The molecule has 0 radical (unpaired) electrons. The molecule has 2 nitrogen and oxygen atoms in total. The van der Waals surface area contributed by atoms with E-state index in [4.69, 9.17) is 4.74 Å². The Balaban J connectivity index is 2.20. The first-order valence-corrected chi connectivity index (χ1v) is 5.43. The number of Topliss-reactive ketones (excluding diaryl/α,β-unsaturated/α-hetero) is 1. The Hall–Kier alpha value is -1.31. The predicted octanol–water partition coefficient (Wildman–Crippen LogP) is 3.13. The van der Waals surface area contributed by atoms with Gasteiger partial charge >= 0.3 is 0 Å². The summed E-state index contributed by atoms with van der Waals surface area (Å²) in [7, 11) is 0. The fourth-order valence-corrected chi connectivity index (χ4v) is 1.27. The highest BCUT2D eigenvalue weighted by Gasteiger charge is 1.98. The monoisotopic (exact) mass is 206 g/mol. The van der Waals surface area contributed by atoms with Crippen molar-refractivity contribution in [1.29, 1.82) is 0 Å². The van der Waals surface area contributed by atoms with Crippen LogP contribution in [0.3, 0.4) is 0 Å². The van der Waals surface area contributed by atoms with Crippen molar-refractivity contribution in [3.05, 3.63) is 29.8 Å². The maximum atomic E-state index is 11.0. The van der Waals surface area contributed by atoms with E-state index in [1.807, 2.05) is 38.1 Å². The van der Waals surface area contributed by atoms with Gasteiger partial charge in [-0.25, -0.2) is 0 Å². The molecule has 0 fully saturated rings. The van der Waals surface area contributed by atoms with Gasteiger partial charge < -0.3 is 4.74 Å². The zero-order chi connectivity index (χ0) is 11.1. The Bertz CT molecular complexity index is 301. The number of aryl methyl sites for hydroxylation is 1. The van der Waals surface area contributed by atoms with E-state index in [9.17, 15) is 4.79 Å². The topological polar surface area (TPSA) is 26.3 Å². The zero-order valence-corrected chi connectivity index (χ0v) is 9.45. The van der Waals surface area contributed by atoms with Crippen molar-refractivity contribution < 1.29 is 9.53 Å². The van der Waals surface area contributed by atoms with Crippen molar-refractivity contribution in [2.75, 3.05) is 6.61 Å². The van der Waals surface area contributed by atoms with Crippen molar-refractivity contribution in [2.24, 2.45) is 0 Å². The second-order valence-electron chi connectivity index (χ2n) is 3.66. The lowest BCUT2D eigenvalue weighted by molar-refractivity contribution is -0.118. The number of hydrogen-bond donors (Lipinski definition) is 0. The van der Waals surface area contributed by atoms with Crippen LogP contribution < -0.4 is 4.74 Å². The maximum Gasteiger partial charge on any atom is 0.132 e. The molecule has 0 N–H and O–H groups in total. The first kappa shape index (κ1) is 11.8. The Morgan fingerprint density at radius 3 is 2.53 bits per heavy atom. The Morgan fingerprint density at radius 1 is 1.27 bits per heavy atom. The summed E-state index contributed by atoms with van der Waals surface area (Å²) in [6.07, 6.45) is 2.06. The summed E-state index contributed by atoms with van der Waals surface area (Å²) >= 11 is 0. The summed E-state index contributed by atoms with van der Waals surface area (Å²) in [6, 6.07) is 7.95. The van der Waals surface area contributed by atoms with E-state index in [0.29, 0.717) is 25.2 Å². The van der Waals surface area contributed by atoms with Gasteiger partial charge in [-0.15, -0.1) is 0 Å². The maximum absolute atomic E-state index is 11.0. The molecule has 0 heterocycles. The molecule has 82 valence electrons. The first-order chi connectivity index (χ1) is 7.22. The molecule has 15 heavy (non-hydrogen) atoms. The number of rotatable bonds is 6. The molecule has 1 aromatic carbocycles. The molecule has 0 aliphatic rings. The van der Waals surface area contributed by atoms with Crippen LogP contribution in [0, 0.1) is 6.92 Å². The number of ketones is 1. The smallest absolute Gasteiger partial charge is 0.132 e. The first-order valence-electron chi connectivity index (χ1n) is 5.43. The number of carbonyl (C=O) groups is 1. The van der Waals surface area contributed by atoms with Crippen LogP contribution in [0.4, 0.5) is 0 Å². The van der Waals surface area contributed by atoms with Crippen LogP contribution in [-0.4, -0.2) is 12.4 Å². The fourth-order valence-electron chi connectivity index (χ4n) is 1.27. The predicted molar refractivity (Wildman–Crippen MR) is 61.2 cm³/mol. The van der Waals surface area contributed by atoms with E-state index < -0.39 is 0 Å². The summed E-state index contributed by atoms with van der Waals surface area (Å²) in [5.74, 6) is 1.19. The number of ether oxygens (including phenoxy) is 1. The van der Waals surface area contributed by atoms with Gasteiger partial charge in [0.15, 0.2) is 0 Å². The SMILES string of the molecule is CCC(=O)CCCOc1ccc(C)cc1. The lowest BCUT2D eigenvalue weighted by atomic mass is 10.2. The van der Waals surface area contributed by atoms with Gasteiger partial charge in [-0.3, -0.25) is 4.79 Å². The minimum Gasteiger partial charge on any atom is -0.494 e. The minimum absolute atomic E-state index is 0.308.